The zero-order valence-electron chi connectivity index (χ0n) is 37.3. The van der Waals surface area contributed by atoms with Crippen molar-refractivity contribution in [3.05, 3.63) is 0 Å². The topological polar surface area (TPSA) is 245 Å². The highest BCUT2D eigenvalue weighted by molar-refractivity contribution is 5.84. The zero-order valence-corrected chi connectivity index (χ0v) is 37.3. The summed E-state index contributed by atoms with van der Waals surface area (Å²) in [5.74, 6) is -2.26. The Kier molecular flexibility index (Phi) is 42.3. The molecule has 0 bridgehead atoms. The van der Waals surface area contributed by atoms with E-state index in [9.17, 15) is 38.7 Å². The van der Waals surface area contributed by atoms with Gasteiger partial charge in [-0.15, -0.1) is 0 Å². The number of carbonyl (C=O) groups is 7. The second-order valence-electron chi connectivity index (χ2n) is 14.8. The number of hydrogen-bond donors (Lipinski definition) is 6. The molecule has 0 aliphatic heterocycles. The summed E-state index contributed by atoms with van der Waals surface area (Å²) in [7, 11) is 1.58. The summed E-state index contributed by atoms with van der Waals surface area (Å²) in [6.45, 7) is 9.19. The summed E-state index contributed by atoms with van der Waals surface area (Å²) < 4.78 is 20.6. The normalized spacial score (nSPS) is 11.7. The van der Waals surface area contributed by atoms with Crippen molar-refractivity contribution < 1.29 is 62.7 Å². The van der Waals surface area contributed by atoms with Gasteiger partial charge in [-0.05, 0) is 39.0 Å². The molecule has 0 aromatic heterocycles. The van der Waals surface area contributed by atoms with Crippen LogP contribution in [0.3, 0.4) is 0 Å². The summed E-state index contributed by atoms with van der Waals surface area (Å²) in [6, 6.07) is -1.07. The van der Waals surface area contributed by atoms with Crippen LogP contribution in [0.5, 0.6) is 0 Å². The molecule has 0 fully saturated rings. The molecular formula is C43H80N4O13. The van der Waals surface area contributed by atoms with E-state index in [-0.39, 0.29) is 67.6 Å². The van der Waals surface area contributed by atoms with E-state index < -0.39 is 18.0 Å². The predicted octanol–water partition coefficient (Wildman–Crippen LogP) is 4.72. The third-order valence-electron chi connectivity index (χ3n) is 9.41. The Morgan fingerprint density at radius 2 is 1.02 bits per heavy atom. The fourth-order valence-corrected chi connectivity index (χ4v) is 5.55. The minimum absolute atomic E-state index is 0.00210. The molecule has 0 unspecified atom stereocenters. The van der Waals surface area contributed by atoms with E-state index >= 15 is 0 Å². The summed E-state index contributed by atoms with van der Waals surface area (Å²) >= 11 is 0. The third kappa shape index (κ3) is 43.9. The van der Waals surface area contributed by atoms with E-state index in [1.54, 1.807) is 21.0 Å². The average Bonchev–Trinajstić information content (AvgIpc) is 3.21. The number of carboxylic acids is 2. The standard InChI is InChI=1S/C26H48N2O8.C17H32N2O5/c1-35-20-21-36-19-18-27-23(29)17-16-22(26(33)34)28-24(30)14-12-10-8-6-4-2-3-5-7-9-11-13-15-25(31)32;1-4-16(21)19-9-10-23-11-12-24-13-17(22)18-8-6-5-7-14(2)15(3)20/h22H,2-21H2,1H3,(H,27,29)(H,28,30)(H,31,32)(H,33,34);14H,4-13H2,1-3H3,(H,18,22)(H,19,21)/t22-;14-/m00/s1. The number of methoxy groups -OCH3 is 1. The highest BCUT2D eigenvalue weighted by Gasteiger charge is 2.20. The number of ketones is 1. The summed E-state index contributed by atoms with van der Waals surface area (Å²) in [4.78, 5) is 79.4. The van der Waals surface area contributed by atoms with Gasteiger partial charge in [0.25, 0.3) is 0 Å². The smallest absolute Gasteiger partial charge is 0.326 e. The van der Waals surface area contributed by atoms with Crippen molar-refractivity contribution >= 4 is 41.4 Å². The van der Waals surface area contributed by atoms with Gasteiger partial charge in [-0.2, -0.15) is 0 Å². The molecule has 0 aliphatic rings. The lowest BCUT2D eigenvalue weighted by Crippen LogP contribution is -2.41. The predicted molar refractivity (Wildman–Crippen MR) is 228 cm³/mol. The molecule has 6 N–H and O–H groups in total. The van der Waals surface area contributed by atoms with Crippen LogP contribution in [-0.4, -0.2) is 131 Å². The number of nitrogens with one attached hydrogen (secondary N) is 4. The maximum absolute atomic E-state index is 12.1. The molecule has 17 nitrogen and oxygen atoms in total. The molecule has 0 aromatic carbocycles. The Morgan fingerprint density at radius 3 is 1.53 bits per heavy atom. The number of amides is 4. The SMILES string of the molecule is CCC(=O)NCCOCCOCC(=O)NCCCC[C@H](C)C(C)=O.COCCOCCNC(=O)CC[C@H](NC(=O)CCCCCCCCCCCCCCC(=O)O)C(=O)O. The first-order chi connectivity index (χ1) is 28.8. The highest BCUT2D eigenvalue weighted by Crippen LogP contribution is 2.13. The lowest BCUT2D eigenvalue weighted by atomic mass is 10.0. The van der Waals surface area contributed by atoms with Crippen molar-refractivity contribution in [2.75, 3.05) is 73.0 Å². The first kappa shape index (κ1) is 58.4. The highest BCUT2D eigenvalue weighted by atomic mass is 16.5. The molecule has 2 atom stereocenters. The first-order valence-electron chi connectivity index (χ1n) is 22.1. The molecule has 4 amide bonds. The van der Waals surface area contributed by atoms with Crippen molar-refractivity contribution in [1.29, 1.82) is 0 Å². The van der Waals surface area contributed by atoms with Crippen LogP contribution < -0.4 is 21.3 Å². The second-order valence-corrected chi connectivity index (χ2v) is 14.8. The molecule has 0 radical (unpaired) electrons. The van der Waals surface area contributed by atoms with Gasteiger partial charge in [0.15, 0.2) is 0 Å². The maximum atomic E-state index is 12.1. The van der Waals surface area contributed by atoms with Gasteiger partial charge in [0.05, 0.1) is 39.6 Å². The lowest BCUT2D eigenvalue weighted by Gasteiger charge is -2.14. The van der Waals surface area contributed by atoms with Gasteiger partial charge in [-0.25, -0.2) is 4.79 Å². The summed E-state index contributed by atoms with van der Waals surface area (Å²) in [5, 5.41) is 28.6. The van der Waals surface area contributed by atoms with Crippen LogP contribution in [0, 0.1) is 5.92 Å². The second kappa shape index (κ2) is 43.4. The van der Waals surface area contributed by atoms with Crippen LogP contribution in [0.1, 0.15) is 149 Å². The van der Waals surface area contributed by atoms with Gasteiger partial charge >= 0.3 is 11.9 Å². The molecule has 350 valence electrons. The molecule has 17 heteroatoms. The fraction of sp³-hybridized carbons (Fsp3) is 0.837. The maximum Gasteiger partial charge on any atom is 0.326 e. The number of Topliss-reactive ketones (excluding diaryl/α,β-unsaturated/α-hetero) is 1. The van der Waals surface area contributed by atoms with Crippen LogP contribution in [-0.2, 0) is 52.5 Å². The minimum atomic E-state index is -1.14. The number of aliphatic carboxylic acids is 2. The Bertz CT molecular complexity index is 1140. The fourth-order valence-electron chi connectivity index (χ4n) is 5.55. The van der Waals surface area contributed by atoms with E-state index in [0.717, 1.165) is 64.2 Å². The van der Waals surface area contributed by atoms with Crippen LogP contribution >= 0.6 is 0 Å². The molecule has 0 rings (SSSR count). The quantitative estimate of drug-likeness (QED) is 0.0457. The molecular weight excluding hydrogens is 780 g/mol. The van der Waals surface area contributed by atoms with E-state index in [1.807, 2.05) is 6.92 Å². The number of unbranched alkanes of at least 4 members (excludes halogenated alkanes) is 12. The lowest BCUT2D eigenvalue weighted by molar-refractivity contribution is -0.142. The molecule has 0 heterocycles. The van der Waals surface area contributed by atoms with Crippen LogP contribution in [0.4, 0.5) is 0 Å². The minimum Gasteiger partial charge on any atom is -0.481 e. The third-order valence-corrected chi connectivity index (χ3v) is 9.41. The summed E-state index contributed by atoms with van der Waals surface area (Å²) in [5.41, 5.74) is 0. The van der Waals surface area contributed by atoms with Gasteiger partial charge in [-0.1, -0.05) is 84.5 Å². The van der Waals surface area contributed by atoms with Crippen LogP contribution in [0.25, 0.3) is 0 Å². The van der Waals surface area contributed by atoms with Gasteiger partial charge in [-0.3, -0.25) is 28.8 Å². The Hall–Kier alpha value is -3.67. The van der Waals surface area contributed by atoms with E-state index in [2.05, 4.69) is 21.3 Å². The largest absolute Gasteiger partial charge is 0.481 e. The Morgan fingerprint density at radius 1 is 0.517 bits per heavy atom. The van der Waals surface area contributed by atoms with Crippen molar-refractivity contribution in [3.63, 3.8) is 0 Å². The number of carboxylic acid groups (broad SMARTS) is 2. The number of carbonyl (C=O) groups excluding carboxylic acids is 5. The average molecular weight is 861 g/mol. The monoisotopic (exact) mass is 861 g/mol. The molecule has 60 heavy (non-hydrogen) atoms. The molecule has 0 saturated heterocycles. The summed E-state index contributed by atoms with van der Waals surface area (Å²) in [6.07, 6.45) is 16.4. The number of ether oxygens (including phenoxy) is 4. The Balaban J connectivity index is 0. The van der Waals surface area contributed by atoms with Crippen molar-refractivity contribution in [2.24, 2.45) is 5.92 Å². The first-order valence-corrected chi connectivity index (χ1v) is 22.1. The molecule has 0 spiro atoms. The Labute approximate surface area is 358 Å². The van der Waals surface area contributed by atoms with Crippen LogP contribution in [0.2, 0.25) is 0 Å². The van der Waals surface area contributed by atoms with E-state index in [1.165, 1.54) is 32.1 Å². The van der Waals surface area contributed by atoms with Crippen LogP contribution in [0.15, 0.2) is 0 Å². The molecule has 0 saturated carbocycles. The van der Waals surface area contributed by atoms with E-state index in [4.69, 9.17) is 24.1 Å². The van der Waals surface area contributed by atoms with Crippen molar-refractivity contribution in [3.8, 4) is 0 Å². The molecule has 0 aliphatic carbocycles. The van der Waals surface area contributed by atoms with Gasteiger partial charge in [0, 0.05) is 58.3 Å². The van der Waals surface area contributed by atoms with Crippen molar-refractivity contribution in [1.82, 2.24) is 21.3 Å². The number of rotatable bonds is 41. The van der Waals surface area contributed by atoms with E-state index in [0.29, 0.717) is 65.7 Å². The van der Waals surface area contributed by atoms with Gasteiger partial charge < -0.3 is 50.4 Å². The van der Waals surface area contributed by atoms with Gasteiger partial charge in [0.2, 0.25) is 23.6 Å². The molecule has 0 aromatic rings. The number of hydrogen-bond acceptors (Lipinski definition) is 11. The van der Waals surface area contributed by atoms with Crippen molar-refractivity contribution in [2.45, 2.75) is 155 Å². The van der Waals surface area contributed by atoms with Gasteiger partial charge in [0.1, 0.15) is 18.4 Å². The zero-order chi connectivity index (χ0) is 45.1.